The Bertz CT molecular complexity index is 547. The van der Waals surface area contributed by atoms with Crippen molar-refractivity contribution in [1.29, 1.82) is 0 Å². The number of benzene rings is 1. The number of alkyl halides is 8. The molecule has 0 fully saturated rings. The van der Waals surface area contributed by atoms with Crippen LogP contribution in [0.2, 0.25) is 0 Å². The Morgan fingerprint density at radius 1 is 1.00 bits per heavy atom. The van der Waals surface area contributed by atoms with Crippen LogP contribution in [0.25, 0.3) is 0 Å². The van der Waals surface area contributed by atoms with Gasteiger partial charge in [-0.1, -0.05) is 42.1 Å². The number of carbonyl (C=O) groups excluding carboxylic acids is 1. The first-order chi connectivity index (χ1) is 10.9. The quantitative estimate of drug-likeness (QED) is 0.437. The molecule has 0 aliphatic heterocycles. The van der Waals surface area contributed by atoms with E-state index in [0.717, 1.165) is 0 Å². The van der Waals surface area contributed by atoms with Gasteiger partial charge in [-0.3, -0.25) is 4.79 Å². The molecule has 0 bridgehead atoms. The van der Waals surface area contributed by atoms with Gasteiger partial charge in [0.25, 0.3) is 0 Å². The molecule has 0 spiro atoms. The topological polar surface area (TPSA) is 17.1 Å². The first kappa shape index (κ1) is 20.7. The van der Waals surface area contributed by atoms with E-state index in [1.807, 2.05) is 0 Å². The molecule has 0 saturated carbocycles. The zero-order chi connectivity index (χ0) is 18.6. The van der Waals surface area contributed by atoms with E-state index in [9.17, 15) is 39.9 Å². The molecule has 24 heavy (non-hydrogen) atoms. The summed E-state index contributed by atoms with van der Waals surface area (Å²) in [6.45, 7) is 0. The Morgan fingerprint density at radius 3 is 2.04 bits per heavy atom. The van der Waals surface area contributed by atoms with Crippen LogP contribution in [0, 0.1) is 0 Å². The van der Waals surface area contributed by atoms with Gasteiger partial charge in [-0.15, -0.1) is 0 Å². The Balaban J connectivity index is 2.58. The molecule has 0 amide bonds. The standard InChI is InChI=1S/C14H12F8OS/c15-11(16)13(19,20)14(21,22)12(17,18)7-4-8-24-10(23)9-5-2-1-3-6-9/h1-3,5-6,11H,4,7-8H2. The van der Waals surface area contributed by atoms with Crippen molar-refractivity contribution in [2.45, 2.75) is 37.0 Å². The minimum Gasteiger partial charge on any atom is -0.282 e. The van der Waals surface area contributed by atoms with E-state index in [4.69, 9.17) is 0 Å². The van der Waals surface area contributed by atoms with Crippen molar-refractivity contribution in [3.8, 4) is 0 Å². The van der Waals surface area contributed by atoms with Crippen LogP contribution in [0.3, 0.4) is 0 Å². The van der Waals surface area contributed by atoms with Gasteiger partial charge in [0, 0.05) is 17.7 Å². The van der Waals surface area contributed by atoms with Crippen LogP contribution in [0.4, 0.5) is 35.1 Å². The van der Waals surface area contributed by atoms with Gasteiger partial charge in [0.2, 0.25) is 5.12 Å². The lowest BCUT2D eigenvalue weighted by Gasteiger charge is -2.32. The molecule has 0 radical (unpaired) electrons. The van der Waals surface area contributed by atoms with Gasteiger partial charge in [-0.2, -0.15) is 26.3 Å². The van der Waals surface area contributed by atoms with Gasteiger partial charge in [0.1, 0.15) is 0 Å². The van der Waals surface area contributed by atoms with Crippen molar-refractivity contribution in [3.63, 3.8) is 0 Å². The second-order valence-corrected chi connectivity index (χ2v) is 5.88. The minimum atomic E-state index is -6.19. The Kier molecular flexibility index (Phi) is 6.66. The molecule has 0 aromatic heterocycles. The highest BCUT2D eigenvalue weighted by Gasteiger charge is 2.74. The summed E-state index contributed by atoms with van der Waals surface area (Å²) in [5, 5.41) is -0.511. The SMILES string of the molecule is O=C(SCCCC(F)(F)C(F)(F)C(F)(F)C(F)F)c1ccccc1. The van der Waals surface area contributed by atoms with Crippen molar-refractivity contribution < 1.29 is 39.9 Å². The molecular weight excluding hydrogens is 368 g/mol. The van der Waals surface area contributed by atoms with Crippen molar-refractivity contribution in [2.24, 2.45) is 0 Å². The predicted octanol–water partition coefficient (Wildman–Crippen LogP) is 5.51. The third kappa shape index (κ3) is 4.40. The molecule has 0 unspecified atom stereocenters. The normalized spacial score (nSPS) is 13.4. The fourth-order valence-electron chi connectivity index (χ4n) is 1.65. The smallest absolute Gasteiger partial charge is 0.282 e. The van der Waals surface area contributed by atoms with Crippen LogP contribution >= 0.6 is 11.8 Å². The number of rotatable bonds is 8. The van der Waals surface area contributed by atoms with Crippen molar-refractivity contribution in [1.82, 2.24) is 0 Å². The highest BCUT2D eigenvalue weighted by molar-refractivity contribution is 8.14. The summed E-state index contributed by atoms with van der Waals surface area (Å²) in [6.07, 6.45) is -7.41. The molecule has 0 aliphatic carbocycles. The number of carbonyl (C=O) groups is 1. The summed E-state index contributed by atoms with van der Waals surface area (Å²) in [4.78, 5) is 11.6. The van der Waals surface area contributed by atoms with E-state index in [1.54, 1.807) is 18.2 Å². The lowest BCUT2D eigenvalue weighted by atomic mass is 10.0. The maximum absolute atomic E-state index is 13.2. The van der Waals surface area contributed by atoms with E-state index in [1.165, 1.54) is 12.1 Å². The predicted molar refractivity (Wildman–Crippen MR) is 73.3 cm³/mol. The third-order valence-electron chi connectivity index (χ3n) is 3.03. The van der Waals surface area contributed by atoms with Crippen LogP contribution in [-0.2, 0) is 0 Å². The maximum atomic E-state index is 13.2. The van der Waals surface area contributed by atoms with Crippen LogP contribution in [0.1, 0.15) is 23.2 Å². The van der Waals surface area contributed by atoms with Crippen LogP contribution in [0.15, 0.2) is 30.3 Å². The molecule has 0 N–H and O–H groups in total. The highest BCUT2D eigenvalue weighted by Crippen LogP contribution is 2.50. The van der Waals surface area contributed by atoms with E-state index in [2.05, 4.69) is 0 Å². The summed E-state index contributed by atoms with van der Waals surface area (Å²) >= 11 is 0.542. The van der Waals surface area contributed by atoms with Crippen LogP contribution in [-0.4, -0.2) is 35.1 Å². The molecule has 0 heterocycles. The van der Waals surface area contributed by atoms with Crippen molar-refractivity contribution in [3.05, 3.63) is 35.9 Å². The van der Waals surface area contributed by atoms with E-state index >= 15 is 0 Å². The number of halogens is 8. The van der Waals surface area contributed by atoms with Gasteiger partial charge in [0.15, 0.2) is 0 Å². The van der Waals surface area contributed by atoms with Crippen molar-refractivity contribution in [2.75, 3.05) is 5.75 Å². The summed E-state index contributed by atoms with van der Waals surface area (Å²) in [7, 11) is 0. The first-order valence-electron chi connectivity index (χ1n) is 6.57. The van der Waals surface area contributed by atoms with E-state index < -0.39 is 42.1 Å². The lowest BCUT2D eigenvalue weighted by molar-refractivity contribution is -0.339. The second kappa shape index (κ2) is 7.71. The summed E-state index contributed by atoms with van der Waals surface area (Å²) in [6, 6.07) is 7.62. The summed E-state index contributed by atoms with van der Waals surface area (Å²) in [5.41, 5.74) is 0.254. The molecule has 1 aromatic rings. The number of hydrogen-bond acceptors (Lipinski definition) is 2. The third-order valence-corrected chi connectivity index (χ3v) is 4.02. The molecule has 10 heteroatoms. The van der Waals surface area contributed by atoms with E-state index in [-0.39, 0.29) is 11.3 Å². The lowest BCUT2D eigenvalue weighted by Crippen LogP contribution is -2.57. The van der Waals surface area contributed by atoms with Gasteiger partial charge < -0.3 is 0 Å². The zero-order valence-corrected chi connectivity index (χ0v) is 12.7. The minimum absolute atomic E-state index is 0.254. The maximum Gasteiger partial charge on any atom is 0.377 e. The average Bonchev–Trinajstić information content (AvgIpc) is 2.51. The van der Waals surface area contributed by atoms with Gasteiger partial charge in [-0.05, 0) is 6.42 Å². The molecular formula is C14H12F8OS. The number of hydrogen-bond donors (Lipinski definition) is 0. The largest absolute Gasteiger partial charge is 0.377 e. The Morgan fingerprint density at radius 2 is 1.54 bits per heavy atom. The first-order valence-corrected chi connectivity index (χ1v) is 7.56. The number of thioether (sulfide) groups is 1. The molecule has 1 rings (SSSR count). The van der Waals surface area contributed by atoms with Gasteiger partial charge in [-0.25, -0.2) is 8.78 Å². The summed E-state index contributed by atoms with van der Waals surface area (Å²) < 4.78 is 102. The fourth-order valence-corrected chi connectivity index (χ4v) is 2.43. The molecule has 1 aromatic carbocycles. The van der Waals surface area contributed by atoms with Gasteiger partial charge in [0.05, 0.1) is 0 Å². The molecule has 1 nitrogen and oxygen atoms in total. The molecule has 0 saturated heterocycles. The monoisotopic (exact) mass is 380 g/mol. The Hall–Kier alpha value is -1.32. The Labute approximate surface area is 136 Å². The van der Waals surface area contributed by atoms with Crippen LogP contribution in [0.5, 0.6) is 0 Å². The van der Waals surface area contributed by atoms with E-state index in [0.29, 0.717) is 11.8 Å². The summed E-state index contributed by atoms with van der Waals surface area (Å²) in [5.74, 6) is -18.0. The fraction of sp³-hybridized carbons (Fsp3) is 0.500. The molecule has 0 atom stereocenters. The highest BCUT2D eigenvalue weighted by atomic mass is 32.2. The molecule has 0 aliphatic rings. The molecule has 136 valence electrons. The van der Waals surface area contributed by atoms with Crippen molar-refractivity contribution >= 4 is 16.9 Å². The van der Waals surface area contributed by atoms with Crippen LogP contribution < -0.4 is 0 Å². The zero-order valence-electron chi connectivity index (χ0n) is 11.9. The second-order valence-electron chi connectivity index (χ2n) is 4.81. The average molecular weight is 380 g/mol. The van der Waals surface area contributed by atoms with Gasteiger partial charge >= 0.3 is 24.2 Å².